The summed E-state index contributed by atoms with van der Waals surface area (Å²) < 4.78 is 2.28. The molecule has 3 nitrogen and oxygen atoms in total. The molecular weight excluding hydrogens is 198 g/mol. The second-order valence-electron chi connectivity index (χ2n) is 4.22. The van der Waals surface area contributed by atoms with Crippen LogP contribution in [0.25, 0.3) is 11.0 Å². The van der Waals surface area contributed by atoms with Crippen LogP contribution in [0.4, 0.5) is 0 Å². The number of benzene rings is 1. The summed E-state index contributed by atoms with van der Waals surface area (Å²) in [6.07, 6.45) is 0. The number of hydrogen-bond acceptors (Lipinski definition) is 2. The number of aryl methyl sites for hydroxylation is 1. The zero-order chi connectivity index (χ0) is 11.5. The van der Waals surface area contributed by atoms with Gasteiger partial charge in [0.1, 0.15) is 5.82 Å². The van der Waals surface area contributed by atoms with Crippen molar-refractivity contribution in [3.8, 4) is 0 Å². The van der Waals surface area contributed by atoms with Gasteiger partial charge in [-0.05, 0) is 32.5 Å². The molecule has 1 aromatic heterocycles. The normalized spacial score (nSPS) is 13.2. The van der Waals surface area contributed by atoms with Gasteiger partial charge in [-0.25, -0.2) is 4.98 Å². The predicted octanol–water partition coefficient (Wildman–Crippen LogP) is 2.34. The summed E-state index contributed by atoms with van der Waals surface area (Å²) >= 11 is 0. The molecule has 0 bridgehead atoms. The lowest BCUT2D eigenvalue weighted by atomic mass is 10.3. The van der Waals surface area contributed by atoms with Gasteiger partial charge in [-0.2, -0.15) is 0 Å². The second kappa shape index (κ2) is 4.66. The maximum absolute atomic E-state index is 4.56. The molecule has 1 atom stereocenters. The van der Waals surface area contributed by atoms with Crippen molar-refractivity contribution >= 4 is 11.0 Å². The van der Waals surface area contributed by atoms with Crippen LogP contribution in [0.15, 0.2) is 24.3 Å². The Kier molecular flexibility index (Phi) is 3.25. The van der Waals surface area contributed by atoms with Crippen LogP contribution < -0.4 is 5.32 Å². The van der Waals surface area contributed by atoms with Gasteiger partial charge in [0.15, 0.2) is 0 Å². The zero-order valence-electron chi connectivity index (χ0n) is 10.2. The average molecular weight is 217 g/mol. The third-order valence-electron chi connectivity index (χ3n) is 2.85. The van der Waals surface area contributed by atoms with Crippen LogP contribution in [-0.4, -0.2) is 22.1 Å². The molecule has 0 radical (unpaired) electrons. The fraction of sp³-hybridized carbons (Fsp3) is 0.462. The molecule has 2 rings (SSSR count). The summed E-state index contributed by atoms with van der Waals surface area (Å²) in [7, 11) is 0. The van der Waals surface area contributed by atoms with Crippen molar-refractivity contribution in [1.82, 2.24) is 14.9 Å². The number of imidazole rings is 1. The Morgan fingerprint density at radius 1 is 1.38 bits per heavy atom. The molecule has 3 heteroatoms. The number of likely N-dealkylation sites (N-methyl/N-ethyl adjacent to an activating group) is 1. The minimum Gasteiger partial charge on any atom is -0.327 e. The number of nitrogens with one attached hydrogen (secondary N) is 1. The van der Waals surface area contributed by atoms with E-state index in [1.165, 1.54) is 5.52 Å². The van der Waals surface area contributed by atoms with E-state index in [2.05, 4.69) is 53.8 Å². The smallest absolute Gasteiger partial charge is 0.106 e. The minimum absolute atomic E-state index is 0.473. The minimum atomic E-state index is 0.473. The second-order valence-corrected chi connectivity index (χ2v) is 4.22. The van der Waals surface area contributed by atoms with E-state index in [-0.39, 0.29) is 0 Å². The van der Waals surface area contributed by atoms with Gasteiger partial charge in [-0.3, -0.25) is 0 Å². The van der Waals surface area contributed by atoms with E-state index in [0.29, 0.717) is 6.04 Å². The highest BCUT2D eigenvalue weighted by atomic mass is 15.1. The van der Waals surface area contributed by atoms with E-state index >= 15 is 0 Å². The molecule has 1 unspecified atom stereocenters. The maximum atomic E-state index is 4.56. The maximum Gasteiger partial charge on any atom is 0.106 e. The van der Waals surface area contributed by atoms with Crippen molar-refractivity contribution in [2.24, 2.45) is 0 Å². The monoisotopic (exact) mass is 217 g/mol. The van der Waals surface area contributed by atoms with Crippen LogP contribution in [0.3, 0.4) is 0 Å². The fourth-order valence-corrected chi connectivity index (χ4v) is 2.11. The SMILES string of the molecule is CCNC(C)Cn1c(C)nc2ccccc21. The summed E-state index contributed by atoms with van der Waals surface area (Å²) in [4.78, 5) is 4.56. The summed E-state index contributed by atoms with van der Waals surface area (Å²) in [5.41, 5.74) is 2.31. The molecule has 0 aliphatic carbocycles. The number of para-hydroxylation sites is 2. The number of nitrogens with zero attached hydrogens (tertiary/aromatic N) is 2. The highest BCUT2D eigenvalue weighted by Gasteiger charge is 2.08. The molecule has 86 valence electrons. The van der Waals surface area contributed by atoms with Crippen LogP contribution in [0.2, 0.25) is 0 Å². The lowest BCUT2D eigenvalue weighted by molar-refractivity contribution is 0.490. The number of aromatic nitrogens is 2. The van der Waals surface area contributed by atoms with E-state index in [1.807, 2.05) is 6.07 Å². The molecule has 2 aromatic rings. The lowest BCUT2D eigenvalue weighted by Gasteiger charge is -2.14. The summed E-state index contributed by atoms with van der Waals surface area (Å²) in [6, 6.07) is 8.77. The molecule has 0 aliphatic rings. The largest absolute Gasteiger partial charge is 0.327 e. The molecule has 0 aliphatic heterocycles. The summed E-state index contributed by atoms with van der Waals surface area (Å²) in [6.45, 7) is 8.39. The third kappa shape index (κ3) is 2.09. The molecule has 0 spiro atoms. The highest BCUT2D eigenvalue weighted by molar-refractivity contribution is 5.75. The van der Waals surface area contributed by atoms with E-state index in [4.69, 9.17) is 0 Å². The average Bonchev–Trinajstić information content (AvgIpc) is 2.56. The Morgan fingerprint density at radius 2 is 2.12 bits per heavy atom. The van der Waals surface area contributed by atoms with Crippen molar-refractivity contribution in [3.05, 3.63) is 30.1 Å². The first-order valence-corrected chi connectivity index (χ1v) is 5.87. The first kappa shape index (κ1) is 11.1. The molecule has 16 heavy (non-hydrogen) atoms. The van der Waals surface area contributed by atoms with Gasteiger partial charge in [0.25, 0.3) is 0 Å². The van der Waals surface area contributed by atoms with Crippen molar-refractivity contribution in [2.45, 2.75) is 33.4 Å². The molecule has 1 aromatic carbocycles. The van der Waals surface area contributed by atoms with Crippen LogP contribution in [0.1, 0.15) is 19.7 Å². The van der Waals surface area contributed by atoms with Crippen molar-refractivity contribution in [2.75, 3.05) is 6.54 Å². The predicted molar refractivity (Wildman–Crippen MR) is 67.6 cm³/mol. The Morgan fingerprint density at radius 3 is 2.88 bits per heavy atom. The quantitative estimate of drug-likeness (QED) is 0.852. The Labute approximate surface area is 96.5 Å². The third-order valence-corrected chi connectivity index (χ3v) is 2.85. The van der Waals surface area contributed by atoms with Crippen LogP contribution in [0, 0.1) is 6.92 Å². The molecule has 0 saturated carbocycles. The summed E-state index contributed by atoms with van der Waals surface area (Å²) in [5, 5.41) is 3.43. The topological polar surface area (TPSA) is 29.9 Å². The Bertz CT molecular complexity index is 473. The van der Waals surface area contributed by atoms with Crippen LogP contribution >= 0.6 is 0 Å². The van der Waals surface area contributed by atoms with Crippen molar-refractivity contribution < 1.29 is 0 Å². The highest BCUT2D eigenvalue weighted by Crippen LogP contribution is 2.15. The van der Waals surface area contributed by atoms with Gasteiger partial charge < -0.3 is 9.88 Å². The Hall–Kier alpha value is -1.35. The summed E-state index contributed by atoms with van der Waals surface area (Å²) in [5.74, 6) is 1.09. The van der Waals surface area contributed by atoms with Gasteiger partial charge in [0, 0.05) is 12.6 Å². The molecule has 1 N–H and O–H groups in total. The van der Waals surface area contributed by atoms with E-state index < -0.39 is 0 Å². The molecular formula is C13H19N3. The molecule has 0 fully saturated rings. The number of hydrogen-bond donors (Lipinski definition) is 1. The van der Waals surface area contributed by atoms with Gasteiger partial charge in [-0.1, -0.05) is 19.1 Å². The molecule has 1 heterocycles. The van der Waals surface area contributed by atoms with Crippen LogP contribution in [0.5, 0.6) is 0 Å². The molecule has 0 saturated heterocycles. The first-order valence-electron chi connectivity index (χ1n) is 5.87. The fourth-order valence-electron chi connectivity index (χ4n) is 2.11. The van der Waals surface area contributed by atoms with E-state index in [1.54, 1.807) is 0 Å². The van der Waals surface area contributed by atoms with Crippen LogP contribution in [-0.2, 0) is 6.54 Å². The van der Waals surface area contributed by atoms with Crippen molar-refractivity contribution in [3.63, 3.8) is 0 Å². The molecule has 0 amide bonds. The number of fused-ring (bicyclic) bond motifs is 1. The lowest BCUT2D eigenvalue weighted by Crippen LogP contribution is -2.30. The standard InChI is InChI=1S/C13H19N3/c1-4-14-10(2)9-16-11(3)15-12-7-5-6-8-13(12)16/h5-8,10,14H,4,9H2,1-3H3. The van der Waals surface area contributed by atoms with Gasteiger partial charge in [0.2, 0.25) is 0 Å². The van der Waals surface area contributed by atoms with E-state index in [9.17, 15) is 0 Å². The van der Waals surface area contributed by atoms with Gasteiger partial charge >= 0.3 is 0 Å². The van der Waals surface area contributed by atoms with Gasteiger partial charge in [0.05, 0.1) is 11.0 Å². The van der Waals surface area contributed by atoms with E-state index in [0.717, 1.165) is 24.4 Å². The Balaban J connectivity index is 2.32. The van der Waals surface area contributed by atoms with Crippen molar-refractivity contribution in [1.29, 1.82) is 0 Å². The first-order chi connectivity index (χ1) is 7.72. The number of rotatable bonds is 4. The zero-order valence-corrected chi connectivity index (χ0v) is 10.2. The van der Waals surface area contributed by atoms with Gasteiger partial charge in [-0.15, -0.1) is 0 Å².